The summed E-state index contributed by atoms with van der Waals surface area (Å²) in [6.45, 7) is 1.51. The van der Waals surface area contributed by atoms with Gasteiger partial charge < -0.3 is 15.5 Å². The van der Waals surface area contributed by atoms with Gasteiger partial charge in [-0.25, -0.2) is 4.79 Å². The van der Waals surface area contributed by atoms with Gasteiger partial charge in [0.25, 0.3) is 0 Å². The van der Waals surface area contributed by atoms with Gasteiger partial charge in [0.05, 0.1) is 5.57 Å². The van der Waals surface area contributed by atoms with E-state index in [1.54, 1.807) is 24.3 Å². The number of fused-ring (bicyclic) bond motifs is 1. The molecule has 1 aliphatic rings. The van der Waals surface area contributed by atoms with E-state index in [1.807, 2.05) is 0 Å². The van der Waals surface area contributed by atoms with E-state index in [1.165, 1.54) is 13.0 Å². The van der Waals surface area contributed by atoms with Crippen molar-refractivity contribution in [2.24, 2.45) is 0 Å². The largest absolute Gasteiger partial charge is 0.478 e. The van der Waals surface area contributed by atoms with E-state index in [2.05, 4.69) is 5.32 Å². The lowest BCUT2D eigenvalue weighted by molar-refractivity contribution is -0.130. The Kier molecular flexibility index (Phi) is 2.01. The summed E-state index contributed by atoms with van der Waals surface area (Å²) in [6, 6.07) is 6.99. The Balaban J connectivity index is 2.60. The van der Waals surface area contributed by atoms with E-state index in [0.717, 1.165) is 0 Å². The molecule has 0 saturated heterocycles. The standard InChI is InChI=1S/C11H11NO3/c1-11(15)6-8(10(13)14)7-4-2-3-5-9(7)12-11/h2-6,12,15H,1H3,(H,13,14). The first kappa shape index (κ1) is 9.73. The number of aliphatic carboxylic acids is 1. The number of nitrogens with one attached hydrogen (secondary N) is 1. The van der Waals surface area contributed by atoms with Crippen LogP contribution in [0.15, 0.2) is 30.3 Å². The van der Waals surface area contributed by atoms with Crippen molar-refractivity contribution in [1.82, 2.24) is 0 Å². The minimum Gasteiger partial charge on any atom is -0.478 e. The molecule has 2 rings (SSSR count). The molecule has 1 unspecified atom stereocenters. The summed E-state index contributed by atoms with van der Waals surface area (Å²) in [6.07, 6.45) is 1.30. The highest BCUT2D eigenvalue weighted by Crippen LogP contribution is 2.32. The Morgan fingerprint density at radius 2 is 2.07 bits per heavy atom. The molecule has 0 bridgehead atoms. The average Bonchev–Trinajstić information content (AvgIpc) is 2.14. The molecule has 0 saturated carbocycles. The number of benzene rings is 1. The highest BCUT2D eigenvalue weighted by Gasteiger charge is 2.28. The first-order chi connectivity index (χ1) is 6.99. The second-order valence-electron chi connectivity index (χ2n) is 3.68. The highest BCUT2D eigenvalue weighted by atomic mass is 16.4. The Morgan fingerprint density at radius 3 is 2.73 bits per heavy atom. The molecule has 0 spiro atoms. The predicted molar refractivity (Wildman–Crippen MR) is 56.3 cm³/mol. The SMILES string of the molecule is CC1(O)C=C(C(=O)O)c2ccccc2N1. The van der Waals surface area contributed by atoms with Gasteiger partial charge in [-0.05, 0) is 19.1 Å². The third-order valence-electron chi connectivity index (χ3n) is 2.26. The van der Waals surface area contributed by atoms with Crippen molar-refractivity contribution in [3.05, 3.63) is 35.9 Å². The van der Waals surface area contributed by atoms with Crippen LogP contribution in [0.1, 0.15) is 12.5 Å². The van der Waals surface area contributed by atoms with Crippen LogP contribution in [-0.4, -0.2) is 21.9 Å². The topological polar surface area (TPSA) is 69.6 Å². The Morgan fingerprint density at radius 1 is 1.40 bits per heavy atom. The van der Waals surface area contributed by atoms with Crippen LogP contribution in [0.25, 0.3) is 5.57 Å². The lowest BCUT2D eigenvalue weighted by Crippen LogP contribution is -2.35. The molecule has 0 aromatic heterocycles. The number of carboxylic acid groups (broad SMARTS) is 1. The number of para-hydroxylation sites is 1. The maximum atomic E-state index is 11.0. The zero-order valence-electron chi connectivity index (χ0n) is 8.19. The number of aliphatic hydroxyl groups is 1. The molecule has 1 heterocycles. The van der Waals surface area contributed by atoms with Crippen molar-refractivity contribution in [2.45, 2.75) is 12.6 Å². The summed E-state index contributed by atoms with van der Waals surface area (Å²) in [5.41, 5.74) is 0.0236. The zero-order valence-corrected chi connectivity index (χ0v) is 8.19. The average molecular weight is 205 g/mol. The Bertz CT molecular complexity index is 449. The van der Waals surface area contributed by atoms with Crippen LogP contribution in [0, 0.1) is 0 Å². The molecule has 3 N–H and O–H groups in total. The van der Waals surface area contributed by atoms with E-state index < -0.39 is 11.7 Å². The summed E-state index contributed by atoms with van der Waals surface area (Å²) in [5, 5.41) is 21.6. The highest BCUT2D eigenvalue weighted by molar-refractivity contribution is 6.18. The molecule has 78 valence electrons. The molecular weight excluding hydrogens is 194 g/mol. The summed E-state index contributed by atoms with van der Waals surface area (Å²) in [7, 11) is 0. The van der Waals surface area contributed by atoms with Gasteiger partial charge in [0.1, 0.15) is 0 Å². The molecule has 1 aromatic rings. The summed E-state index contributed by atoms with van der Waals surface area (Å²) >= 11 is 0. The van der Waals surface area contributed by atoms with Crippen molar-refractivity contribution < 1.29 is 15.0 Å². The van der Waals surface area contributed by atoms with E-state index in [-0.39, 0.29) is 5.57 Å². The summed E-state index contributed by atoms with van der Waals surface area (Å²) in [5.74, 6) is -1.04. The van der Waals surface area contributed by atoms with Crippen LogP contribution >= 0.6 is 0 Å². The van der Waals surface area contributed by atoms with E-state index in [0.29, 0.717) is 11.3 Å². The third kappa shape index (κ3) is 1.71. The fourth-order valence-electron chi connectivity index (χ4n) is 1.67. The van der Waals surface area contributed by atoms with Gasteiger partial charge in [0.15, 0.2) is 5.72 Å². The van der Waals surface area contributed by atoms with Gasteiger partial charge in [-0.3, -0.25) is 0 Å². The van der Waals surface area contributed by atoms with Crippen molar-refractivity contribution in [3.8, 4) is 0 Å². The van der Waals surface area contributed by atoms with Gasteiger partial charge in [0, 0.05) is 11.3 Å². The van der Waals surface area contributed by atoms with E-state index >= 15 is 0 Å². The van der Waals surface area contributed by atoms with Gasteiger partial charge in [0.2, 0.25) is 0 Å². The number of hydrogen-bond donors (Lipinski definition) is 3. The van der Waals surface area contributed by atoms with Crippen molar-refractivity contribution in [1.29, 1.82) is 0 Å². The maximum absolute atomic E-state index is 11.0. The third-order valence-corrected chi connectivity index (χ3v) is 2.26. The molecule has 0 aliphatic carbocycles. The lowest BCUT2D eigenvalue weighted by atomic mass is 9.96. The fraction of sp³-hybridized carbons (Fsp3) is 0.182. The Labute approximate surface area is 86.9 Å². The normalized spacial score (nSPS) is 23.7. The molecule has 0 radical (unpaired) electrons. The van der Waals surface area contributed by atoms with Crippen LogP contribution in [-0.2, 0) is 4.79 Å². The fourth-order valence-corrected chi connectivity index (χ4v) is 1.67. The molecule has 0 amide bonds. The number of rotatable bonds is 1. The van der Waals surface area contributed by atoms with Crippen molar-refractivity contribution >= 4 is 17.2 Å². The smallest absolute Gasteiger partial charge is 0.336 e. The van der Waals surface area contributed by atoms with Gasteiger partial charge in [-0.2, -0.15) is 0 Å². The minimum atomic E-state index is -1.32. The van der Waals surface area contributed by atoms with Crippen LogP contribution in [0.4, 0.5) is 5.69 Å². The molecule has 1 atom stereocenters. The summed E-state index contributed by atoms with van der Waals surface area (Å²) in [4.78, 5) is 11.0. The molecule has 4 nitrogen and oxygen atoms in total. The molecule has 1 aromatic carbocycles. The monoisotopic (exact) mass is 205 g/mol. The van der Waals surface area contributed by atoms with Crippen LogP contribution < -0.4 is 5.32 Å². The number of hydrogen-bond acceptors (Lipinski definition) is 3. The maximum Gasteiger partial charge on any atom is 0.336 e. The lowest BCUT2D eigenvalue weighted by Gasteiger charge is -2.29. The zero-order chi connectivity index (χ0) is 11.1. The Hall–Kier alpha value is -1.81. The quantitative estimate of drug-likeness (QED) is 0.646. The first-order valence-electron chi connectivity index (χ1n) is 4.56. The van der Waals surface area contributed by atoms with Crippen molar-refractivity contribution in [2.75, 3.05) is 5.32 Å². The van der Waals surface area contributed by atoms with Gasteiger partial charge >= 0.3 is 5.97 Å². The van der Waals surface area contributed by atoms with E-state index in [4.69, 9.17) is 5.11 Å². The predicted octanol–water partition coefficient (Wildman–Crippen LogP) is 1.29. The first-order valence-corrected chi connectivity index (χ1v) is 4.56. The van der Waals surface area contributed by atoms with Crippen LogP contribution in [0.5, 0.6) is 0 Å². The summed E-state index contributed by atoms with van der Waals surface area (Å²) < 4.78 is 0. The molecule has 1 aliphatic heterocycles. The number of carbonyl (C=O) groups is 1. The van der Waals surface area contributed by atoms with Gasteiger partial charge in [-0.1, -0.05) is 18.2 Å². The van der Waals surface area contributed by atoms with Crippen LogP contribution in [0.3, 0.4) is 0 Å². The second-order valence-corrected chi connectivity index (χ2v) is 3.68. The van der Waals surface area contributed by atoms with Gasteiger partial charge in [-0.15, -0.1) is 0 Å². The second kappa shape index (κ2) is 3.10. The molecular formula is C11H11NO3. The minimum absolute atomic E-state index is 0.120. The molecule has 15 heavy (non-hydrogen) atoms. The van der Waals surface area contributed by atoms with E-state index in [9.17, 15) is 9.90 Å². The molecule has 0 fully saturated rings. The van der Waals surface area contributed by atoms with Crippen molar-refractivity contribution in [3.63, 3.8) is 0 Å². The van der Waals surface area contributed by atoms with Crippen LogP contribution in [0.2, 0.25) is 0 Å². The number of carboxylic acids is 1. The molecule has 4 heteroatoms. The number of anilines is 1.